The van der Waals surface area contributed by atoms with Crippen molar-refractivity contribution >= 4 is 5.82 Å². The molecule has 0 bridgehead atoms. The summed E-state index contributed by atoms with van der Waals surface area (Å²) < 4.78 is 0. The minimum Gasteiger partial charge on any atom is -0.395 e. The molecule has 4 nitrogen and oxygen atoms in total. The van der Waals surface area contributed by atoms with E-state index in [0.29, 0.717) is 6.54 Å². The third-order valence-electron chi connectivity index (χ3n) is 2.98. The van der Waals surface area contributed by atoms with E-state index in [1.807, 2.05) is 24.3 Å². The van der Waals surface area contributed by atoms with Gasteiger partial charge in [0.05, 0.1) is 6.61 Å². The Hall–Kier alpha value is -1.94. The van der Waals surface area contributed by atoms with Crippen LogP contribution in [0.3, 0.4) is 0 Å². The van der Waals surface area contributed by atoms with Crippen LogP contribution in [0.2, 0.25) is 0 Å². The first-order valence-corrected chi connectivity index (χ1v) is 6.54. The molecule has 0 aliphatic carbocycles. The molecule has 0 aliphatic rings. The number of aliphatic hydroxyl groups is 1. The highest BCUT2D eigenvalue weighted by Crippen LogP contribution is 2.14. The smallest absolute Gasteiger partial charge is 0.132 e. The van der Waals surface area contributed by atoms with Gasteiger partial charge in [-0.15, -0.1) is 0 Å². The molecule has 100 valence electrons. The van der Waals surface area contributed by atoms with Gasteiger partial charge in [-0.3, -0.25) is 0 Å². The van der Waals surface area contributed by atoms with Crippen LogP contribution in [-0.2, 0) is 13.0 Å². The maximum atomic E-state index is 9.22. The minimum atomic E-state index is 0.109. The standard InChI is InChI=1S/C15H19N3O/c1-2-14-10-15(17-12-16-14)18(8-9-19)11-13-6-4-3-5-7-13/h3-7,10,12,19H,2,8-9,11H2,1H3. The van der Waals surface area contributed by atoms with Crippen LogP contribution < -0.4 is 4.90 Å². The highest BCUT2D eigenvalue weighted by Gasteiger charge is 2.09. The number of benzene rings is 1. The highest BCUT2D eigenvalue weighted by atomic mass is 16.3. The molecule has 0 amide bonds. The van der Waals surface area contributed by atoms with Crippen LogP contribution >= 0.6 is 0 Å². The zero-order valence-electron chi connectivity index (χ0n) is 11.2. The number of hydrogen-bond donors (Lipinski definition) is 1. The largest absolute Gasteiger partial charge is 0.395 e. The minimum absolute atomic E-state index is 0.109. The molecule has 4 heteroatoms. The van der Waals surface area contributed by atoms with E-state index >= 15 is 0 Å². The monoisotopic (exact) mass is 257 g/mol. The molecule has 1 aromatic carbocycles. The predicted octanol–water partition coefficient (Wildman–Crippen LogP) is 2.04. The Morgan fingerprint density at radius 1 is 1.16 bits per heavy atom. The van der Waals surface area contributed by atoms with E-state index in [2.05, 4.69) is 33.9 Å². The molecule has 0 unspecified atom stereocenters. The first kappa shape index (κ1) is 13.5. The molecule has 0 radical (unpaired) electrons. The number of aryl methyl sites for hydroxylation is 1. The Balaban J connectivity index is 2.19. The average Bonchev–Trinajstić information content (AvgIpc) is 2.48. The fourth-order valence-corrected chi connectivity index (χ4v) is 1.95. The van der Waals surface area contributed by atoms with Gasteiger partial charge in [0.2, 0.25) is 0 Å². The van der Waals surface area contributed by atoms with Crippen molar-refractivity contribution in [2.45, 2.75) is 19.9 Å². The predicted molar refractivity (Wildman–Crippen MR) is 76.0 cm³/mol. The number of rotatable bonds is 6. The lowest BCUT2D eigenvalue weighted by Crippen LogP contribution is -2.27. The summed E-state index contributed by atoms with van der Waals surface area (Å²) in [5.41, 5.74) is 2.22. The van der Waals surface area contributed by atoms with Gasteiger partial charge < -0.3 is 10.0 Å². The summed E-state index contributed by atoms with van der Waals surface area (Å²) in [6.45, 7) is 3.48. The second-order valence-corrected chi connectivity index (χ2v) is 4.35. The average molecular weight is 257 g/mol. The lowest BCUT2D eigenvalue weighted by atomic mass is 10.2. The topological polar surface area (TPSA) is 49.2 Å². The summed E-state index contributed by atoms with van der Waals surface area (Å²) in [5.74, 6) is 0.866. The molecule has 0 fully saturated rings. The Kier molecular flexibility index (Phi) is 4.86. The molecule has 0 saturated carbocycles. The van der Waals surface area contributed by atoms with Gasteiger partial charge in [0.25, 0.3) is 0 Å². The van der Waals surface area contributed by atoms with Gasteiger partial charge in [0.15, 0.2) is 0 Å². The molecular weight excluding hydrogens is 238 g/mol. The summed E-state index contributed by atoms with van der Waals surface area (Å²) in [4.78, 5) is 10.6. The van der Waals surface area contributed by atoms with Crippen LogP contribution in [0.25, 0.3) is 0 Å². The van der Waals surface area contributed by atoms with E-state index in [9.17, 15) is 5.11 Å². The van der Waals surface area contributed by atoms with Crippen molar-refractivity contribution in [3.63, 3.8) is 0 Å². The molecule has 19 heavy (non-hydrogen) atoms. The Morgan fingerprint density at radius 2 is 1.95 bits per heavy atom. The first-order chi connectivity index (χ1) is 9.33. The second kappa shape index (κ2) is 6.85. The van der Waals surface area contributed by atoms with Crippen molar-refractivity contribution in [2.24, 2.45) is 0 Å². The molecule has 0 aliphatic heterocycles. The Bertz CT molecular complexity index is 502. The highest BCUT2D eigenvalue weighted by molar-refractivity contribution is 5.40. The van der Waals surface area contributed by atoms with Crippen LogP contribution in [0.15, 0.2) is 42.7 Å². The van der Waals surface area contributed by atoms with E-state index in [4.69, 9.17) is 0 Å². The van der Waals surface area contributed by atoms with Crippen LogP contribution in [0.4, 0.5) is 5.82 Å². The Morgan fingerprint density at radius 3 is 2.63 bits per heavy atom. The van der Waals surface area contributed by atoms with Gasteiger partial charge in [-0.2, -0.15) is 0 Å². The fourth-order valence-electron chi connectivity index (χ4n) is 1.95. The normalized spacial score (nSPS) is 10.4. The van der Waals surface area contributed by atoms with E-state index in [-0.39, 0.29) is 6.61 Å². The van der Waals surface area contributed by atoms with Gasteiger partial charge in [-0.05, 0) is 12.0 Å². The van der Waals surface area contributed by atoms with E-state index in [1.165, 1.54) is 5.56 Å². The van der Waals surface area contributed by atoms with Gasteiger partial charge in [0, 0.05) is 24.8 Å². The van der Waals surface area contributed by atoms with Crippen LogP contribution in [0.1, 0.15) is 18.2 Å². The van der Waals surface area contributed by atoms with Crippen LogP contribution in [-0.4, -0.2) is 28.2 Å². The number of aromatic nitrogens is 2. The number of nitrogens with zero attached hydrogens (tertiary/aromatic N) is 3. The van der Waals surface area contributed by atoms with Crippen molar-refractivity contribution in [2.75, 3.05) is 18.1 Å². The summed E-state index contributed by atoms with van der Waals surface area (Å²) in [6.07, 6.45) is 2.47. The molecule has 1 aromatic heterocycles. The van der Waals surface area contributed by atoms with Crippen molar-refractivity contribution < 1.29 is 5.11 Å². The summed E-state index contributed by atoms with van der Waals surface area (Å²) >= 11 is 0. The van der Waals surface area contributed by atoms with E-state index in [1.54, 1.807) is 6.33 Å². The first-order valence-electron chi connectivity index (χ1n) is 6.54. The van der Waals surface area contributed by atoms with Gasteiger partial charge in [-0.25, -0.2) is 9.97 Å². The molecule has 2 aromatic rings. The number of hydrogen-bond acceptors (Lipinski definition) is 4. The second-order valence-electron chi connectivity index (χ2n) is 4.35. The zero-order valence-corrected chi connectivity index (χ0v) is 11.2. The quantitative estimate of drug-likeness (QED) is 0.860. The number of aliphatic hydroxyl groups excluding tert-OH is 1. The molecule has 2 rings (SSSR count). The molecule has 0 atom stereocenters. The molecule has 0 saturated heterocycles. The van der Waals surface area contributed by atoms with Crippen LogP contribution in [0.5, 0.6) is 0 Å². The third kappa shape index (κ3) is 3.76. The summed E-state index contributed by atoms with van der Waals surface area (Å²) in [6, 6.07) is 12.2. The molecule has 1 N–H and O–H groups in total. The maximum absolute atomic E-state index is 9.22. The van der Waals surface area contributed by atoms with E-state index < -0.39 is 0 Å². The van der Waals surface area contributed by atoms with Gasteiger partial charge >= 0.3 is 0 Å². The van der Waals surface area contributed by atoms with Crippen LogP contribution in [0, 0.1) is 0 Å². The molecule has 1 heterocycles. The zero-order chi connectivity index (χ0) is 13.5. The lowest BCUT2D eigenvalue weighted by Gasteiger charge is -2.23. The fraction of sp³-hybridized carbons (Fsp3) is 0.333. The van der Waals surface area contributed by atoms with E-state index in [0.717, 1.165) is 24.5 Å². The Labute approximate surface area is 113 Å². The molecule has 0 spiro atoms. The van der Waals surface area contributed by atoms with Crippen molar-refractivity contribution in [3.05, 3.63) is 54.0 Å². The maximum Gasteiger partial charge on any atom is 0.132 e. The van der Waals surface area contributed by atoms with Crippen molar-refractivity contribution in [1.29, 1.82) is 0 Å². The molecular formula is C15H19N3O. The van der Waals surface area contributed by atoms with Gasteiger partial charge in [-0.1, -0.05) is 37.3 Å². The number of anilines is 1. The van der Waals surface area contributed by atoms with Crippen molar-refractivity contribution in [3.8, 4) is 0 Å². The lowest BCUT2D eigenvalue weighted by molar-refractivity contribution is 0.301. The SMILES string of the molecule is CCc1cc(N(CCO)Cc2ccccc2)ncn1. The summed E-state index contributed by atoms with van der Waals surface area (Å²) in [5, 5.41) is 9.22. The third-order valence-corrected chi connectivity index (χ3v) is 2.98. The van der Waals surface area contributed by atoms with Crippen molar-refractivity contribution in [1.82, 2.24) is 9.97 Å². The van der Waals surface area contributed by atoms with Gasteiger partial charge in [0.1, 0.15) is 12.1 Å². The summed E-state index contributed by atoms with van der Waals surface area (Å²) in [7, 11) is 0.